The summed E-state index contributed by atoms with van der Waals surface area (Å²) in [7, 11) is 0. The van der Waals surface area contributed by atoms with Crippen LogP contribution in [0.25, 0.3) is 0 Å². The normalized spacial score (nSPS) is 12.0. The van der Waals surface area contributed by atoms with Crippen LogP contribution in [0.15, 0.2) is 22.5 Å². The molecule has 1 nitrogen and oxygen atoms in total. The maximum Gasteiger partial charge on any atom is 0.119 e. The summed E-state index contributed by atoms with van der Waals surface area (Å²) in [5.41, 5.74) is 4.39. The topological polar surface area (TPSA) is 9.23 Å². The van der Waals surface area contributed by atoms with Gasteiger partial charge in [-0.15, -0.1) is 0 Å². The molecule has 0 aromatic rings. The highest BCUT2D eigenvalue weighted by atomic mass is 16.5. The number of unbranched alkanes of at least 4 members (excludes halogenated alkanes) is 6. The van der Waals surface area contributed by atoms with Gasteiger partial charge in [-0.3, -0.25) is 0 Å². The van der Waals surface area contributed by atoms with Gasteiger partial charge in [0.1, 0.15) is 6.10 Å². The minimum absolute atomic E-state index is 0.292. The Hall–Kier alpha value is -0.720. The van der Waals surface area contributed by atoms with Crippen LogP contribution in [0.3, 0.4) is 0 Å². The van der Waals surface area contributed by atoms with E-state index in [1.807, 2.05) is 0 Å². The van der Waals surface area contributed by atoms with Crippen LogP contribution in [0.1, 0.15) is 126 Å². The van der Waals surface area contributed by atoms with Gasteiger partial charge in [-0.2, -0.15) is 0 Å². The summed E-state index contributed by atoms with van der Waals surface area (Å²) in [4.78, 5) is 0. The monoisotopic (exact) mass is 350 g/mol. The summed E-state index contributed by atoms with van der Waals surface area (Å²) in [5, 5.41) is 0. The van der Waals surface area contributed by atoms with E-state index in [0.717, 1.165) is 6.42 Å². The smallest absolute Gasteiger partial charge is 0.119 e. The Bertz CT molecular complexity index is 381. The summed E-state index contributed by atoms with van der Waals surface area (Å²) < 4.78 is 6.66. The average Bonchev–Trinajstić information content (AvgIpc) is 2.57. The van der Waals surface area contributed by atoms with Crippen molar-refractivity contribution >= 4 is 0 Å². The average molecular weight is 351 g/mol. The molecule has 0 heterocycles. The number of hydrogen-bond donors (Lipinski definition) is 0. The standard InChI is InChI=1S/C24H46O/c1-8-11-14-15-16-19-24(22(20(4)5)17-12-9-2)25-23(21(6)7)18-13-10-3/h24H,8-19H2,1-7H3. The lowest BCUT2D eigenvalue weighted by Crippen LogP contribution is -2.18. The molecule has 0 aromatic carbocycles. The highest BCUT2D eigenvalue weighted by molar-refractivity contribution is 5.17. The summed E-state index contributed by atoms with van der Waals surface area (Å²) in [5.74, 6) is 1.25. The van der Waals surface area contributed by atoms with Crippen LogP contribution < -0.4 is 0 Å². The zero-order valence-electron chi connectivity index (χ0n) is 18.5. The van der Waals surface area contributed by atoms with E-state index < -0.39 is 0 Å². The van der Waals surface area contributed by atoms with Crippen molar-refractivity contribution in [1.82, 2.24) is 0 Å². The fourth-order valence-electron chi connectivity index (χ4n) is 3.27. The van der Waals surface area contributed by atoms with E-state index in [4.69, 9.17) is 4.74 Å². The minimum atomic E-state index is 0.292. The van der Waals surface area contributed by atoms with Crippen LogP contribution in [-0.2, 0) is 4.74 Å². The number of rotatable bonds is 15. The number of hydrogen-bond acceptors (Lipinski definition) is 1. The molecule has 0 rings (SSSR count). The van der Waals surface area contributed by atoms with Crippen LogP contribution in [0.5, 0.6) is 0 Å². The SMILES string of the molecule is CCCCCCCC(OC(CCCC)=C(C)C)C(CCCC)=C(C)C. The summed E-state index contributed by atoms with van der Waals surface area (Å²) in [6.07, 6.45) is 15.4. The van der Waals surface area contributed by atoms with Gasteiger partial charge in [-0.1, -0.05) is 64.9 Å². The van der Waals surface area contributed by atoms with E-state index in [9.17, 15) is 0 Å². The third-order valence-electron chi connectivity index (χ3n) is 5.00. The highest BCUT2D eigenvalue weighted by Crippen LogP contribution is 2.28. The lowest BCUT2D eigenvalue weighted by Gasteiger charge is -2.26. The molecule has 0 aliphatic heterocycles. The van der Waals surface area contributed by atoms with Crippen LogP contribution in [0.2, 0.25) is 0 Å². The summed E-state index contributed by atoms with van der Waals surface area (Å²) in [6.45, 7) is 15.8. The fourth-order valence-corrected chi connectivity index (χ4v) is 3.27. The molecular formula is C24H46O. The van der Waals surface area contributed by atoms with Crippen molar-refractivity contribution in [2.24, 2.45) is 0 Å². The van der Waals surface area contributed by atoms with E-state index in [0.29, 0.717) is 6.10 Å². The molecule has 0 aliphatic rings. The van der Waals surface area contributed by atoms with Gasteiger partial charge >= 0.3 is 0 Å². The van der Waals surface area contributed by atoms with Crippen molar-refractivity contribution in [2.75, 3.05) is 0 Å². The zero-order valence-corrected chi connectivity index (χ0v) is 18.5. The molecular weight excluding hydrogens is 304 g/mol. The molecule has 1 atom stereocenters. The quantitative estimate of drug-likeness (QED) is 0.163. The molecule has 1 heteroatoms. The Labute approximate surface area is 159 Å². The van der Waals surface area contributed by atoms with Crippen molar-refractivity contribution in [3.8, 4) is 0 Å². The van der Waals surface area contributed by atoms with E-state index in [1.165, 1.54) is 87.5 Å². The fraction of sp³-hybridized carbons (Fsp3) is 0.833. The molecule has 0 amide bonds. The van der Waals surface area contributed by atoms with E-state index in [1.54, 1.807) is 5.57 Å². The Morgan fingerprint density at radius 3 is 1.72 bits per heavy atom. The maximum absolute atomic E-state index is 6.66. The van der Waals surface area contributed by atoms with Crippen LogP contribution in [0, 0.1) is 0 Å². The first kappa shape index (κ1) is 24.3. The Kier molecular flexibility index (Phi) is 15.1. The van der Waals surface area contributed by atoms with Gasteiger partial charge in [0, 0.05) is 6.42 Å². The highest BCUT2D eigenvalue weighted by Gasteiger charge is 2.18. The molecule has 0 saturated heterocycles. The van der Waals surface area contributed by atoms with Crippen molar-refractivity contribution < 1.29 is 4.74 Å². The molecule has 25 heavy (non-hydrogen) atoms. The third kappa shape index (κ3) is 11.5. The lowest BCUT2D eigenvalue weighted by atomic mass is 9.94. The second-order valence-electron chi connectivity index (χ2n) is 7.96. The van der Waals surface area contributed by atoms with E-state index >= 15 is 0 Å². The van der Waals surface area contributed by atoms with Crippen LogP contribution in [0.4, 0.5) is 0 Å². The van der Waals surface area contributed by atoms with Gasteiger partial charge in [0.25, 0.3) is 0 Å². The molecule has 1 unspecified atom stereocenters. The van der Waals surface area contributed by atoms with Gasteiger partial charge in [-0.25, -0.2) is 0 Å². The van der Waals surface area contributed by atoms with E-state index in [-0.39, 0.29) is 0 Å². The predicted molar refractivity (Wildman–Crippen MR) is 114 cm³/mol. The van der Waals surface area contributed by atoms with E-state index in [2.05, 4.69) is 48.5 Å². The third-order valence-corrected chi connectivity index (χ3v) is 5.00. The first-order valence-electron chi connectivity index (χ1n) is 11.0. The van der Waals surface area contributed by atoms with Crippen molar-refractivity contribution in [3.63, 3.8) is 0 Å². The molecule has 0 saturated carbocycles. The molecule has 0 bridgehead atoms. The minimum Gasteiger partial charge on any atom is -0.490 e. The van der Waals surface area contributed by atoms with Crippen molar-refractivity contribution in [1.29, 1.82) is 0 Å². The molecule has 0 radical (unpaired) electrons. The second kappa shape index (κ2) is 15.5. The molecule has 0 spiro atoms. The predicted octanol–water partition coefficient (Wildman–Crippen LogP) is 8.74. The van der Waals surface area contributed by atoms with Crippen LogP contribution in [-0.4, -0.2) is 6.10 Å². The van der Waals surface area contributed by atoms with Crippen LogP contribution >= 0.6 is 0 Å². The van der Waals surface area contributed by atoms with Gasteiger partial charge in [0.05, 0.1) is 5.76 Å². The maximum atomic E-state index is 6.66. The summed E-state index contributed by atoms with van der Waals surface area (Å²) >= 11 is 0. The van der Waals surface area contributed by atoms with Crippen molar-refractivity contribution in [3.05, 3.63) is 22.5 Å². The molecule has 0 aliphatic carbocycles. The zero-order chi connectivity index (χ0) is 19.1. The Morgan fingerprint density at radius 1 is 0.640 bits per heavy atom. The van der Waals surface area contributed by atoms with Gasteiger partial charge in [0.2, 0.25) is 0 Å². The van der Waals surface area contributed by atoms with Gasteiger partial charge in [0.15, 0.2) is 0 Å². The lowest BCUT2D eigenvalue weighted by molar-refractivity contribution is 0.119. The number of allylic oxidation sites excluding steroid dienone is 3. The number of ether oxygens (including phenoxy) is 1. The molecule has 0 N–H and O–H groups in total. The first-order valence-corrected chi connectivity index (χ1v) is 11.0. The molecule has 0 fully saturated rings. The Balaban J connectivity index is 5.08. The largest absolute Gasteiger partial charge is 0.490 e. The van der Waals surface area contributed by atoms with Gasteiger partial charge in [-0.05, 0) is 70.9 Å². The summed E-state index contributed by atoms with van der Waals surface area (Å²) in [6, 6.07) is 0. The van der Waals surface area contributed by atoms with Gasteiger partial charge < -0.3 is 4.74 Å². The molecule has 148 valence electrons. The molecule has 0 aromatic heterocycles. The Morgan fingerprint density at radius 2 is 1.20 bits per heavy atom. The second-order valence-corrected chi connectivity index (χ2v) is 7.96. The first-order chi connectivity index (χ1) is 12.0. The van der Waals surface area contributed by atoms with Crippen molar-refractivity contribution in [2.45, 2.75) is 132 Å².